The summed E-state index contributed by atoms with van der Waals surface area (Å²) >= 11 is 12.2. The van der Waals surface area contributed by atoms with Crippen molar-refractivity contribution < 1.29 is 24.3 Å². The third kappa shape index (κ3) is 6.97. The van der Waals surface area contributed by atoms with Gasteiger partial charge in [-0.2, -0.15) is 0 Å². The molecule has 2 atom stereocenters. The summed E-state index contributed by atoms with van der Waals surface area (Å²) in [5.41, 5.74) is 2.66. The standard InChI is InChI=1S/C32H26Cl2N4O5/c33-23-13-12-22(18-24(23)34)35-32(43)38-27-14-11-21(29(39)37-26(31(41)42)15-19-7-3-1-4-8-19)17-25(27)36-30(40)28(38)16-20-9-5-2-6-10-20/h1-14,17-18,26,28H,15-16H2,(H,35,43)(H,36,40)(H,37,39)(H,41,42). The van der Waals surface area contributed by atoms with Gasteiger partial charge in [-0.25, -0.2) is 9.59 Å². The van der Waals surface area contributed by atoms with Crippen LogP contribution in [0, 0.1) is 0 Å². The minimum Gasteiger partial charge on any atom is -0.480 e. The van der Waals surface area contributed by atoms with E-state index in [9.17, 15) is 24.3 Å². The predicted octanol–water partition coefficient (Wildman–Crippen LogP) is 6.02. The number of hydrogen-bond donors (Lipinski definition) is 4. The zero-order chi connectivity index (χ0) is 30.5. The van der Waals surface area contributed by atoms with E-state index < -0.39 is 35.9 Å². The summed E-state index contributed by atoms with van der Waals surface area (Å²) < 4.78 is 0. The Morgan fingerprint density at radius 3 is 2.19 bits per heavy atom. The van der Waals surface area contributed by atoms with Gasteiger partial charge in [-0.1, -0.05) is 83.9 Å². The monoisotopic (exact) mass is 616 g/mol. The number of rotatable bonds is 8. The molecular formula is C32H26Cl2N4O5. The molecule has 4 N–H and O–H groups in total. The lowest BCUT2D eigenvalue weighted by Gasteiger charge is -2.36. The molecule has 218 valence electrons. The van der Waals surface area contributed by atoms with Crippen molar-refractivity contribution in [3.05, 3.63) is 124 Å². The van der Waals surface area contributed by atoms with E-state index in [-0.39, 0.29) is 29.1 Å². The van der Waals surface area contributed by atoms with Gasteiger partial charge in [0.25, 0.3) is 5.91 Å². The van der Waals surface area contributed by atoms with Gasteiger partial charge in [0.1, 0.15) is 12.1 Å². The molecule has 0 fully saturated rings. The van der Waals surface area contributed by atoms with Crippen molar-refractivity contribution in [1.29, 1.82) is 0 Å². The second-order valence-corrected chi connectivity index (χ2v) is 10.7. The Hall–Kier alpha value is -4.86. The number of fused-ring (bicyclic) bond motifs is 1. The van der Waals surface area contributed by atoms with Crippen molar-refractivity contribution in [2.75, 3.05) is 15.5 Å². The highest BCUT2D eigenvalue weighted by Crippen LogP contribution is 2.35. The molecule has 5 rings (SSSR count). The van der Waals surface area contributed by atoms with Crippen LogP contribution in [-0.2, 0) is 22.4 Å². The summed E-state index contributed by atoms with van der Waals surface area (Å²) in [5, 5.41) is 18.4. The summed E-state index contributed by atoms with van der Waals surface area (Å²) in [6.45, 7) is 0. The number of aliphatic carboxylic acids is 1. The maximum atomic E-state index is 13.7. The highest BCUT2D eigenvalue weighted by atomic mass is 35.5. The number of carboxylic acid groups (broad SMARTS) is 1. The van der Waals surface area contributed by atoms with Gasteiger partial charge in [0.15, 0.2) is 0 Å². The number of anilines is 3. The van der Waals surface area contributed by atoms with E-state index in [4.69, 9.17) is 23.2 Å². The van der Waals surface area contributed by atoms with Crippen molar-refractivity contribution >= 4 is 64.1 Å². The summed E-state index contributed by atoms with van der Waals surface area (Å²) in [5.74, 6) is -2.28. The third-order valence-corrected chi connectivity index (χ3v) is 7.68. The summed E-state index contributed by atoms with van der Waals surface area (Å²) in [6.07, 6.45) is 0.316. The Morgan fingerprint density at radius 1 is 0.860 bits per heavy atom. The third-order valence-electron chi connectivity index (χ3n) is 6.94. The molecular weight excluding hydrogens is 591 g/mol. The molecule has 1 aliphatic rings. The molecule has 4 aromatic rings. The molecule has 0 saturated heterocycles. The number of carbonyl (C=O) groups is 4. The minimum absolute atomic E-state index is 0.0907. The largest absolute Gasteiger partial charge is 0.480 e. The first-order valence-electron chi connectivity index (χ1n) is 13.3. The number of halogens is 2. The summed E-state index contributed by atoms with van der Waals surface area (Å²) in [7, 11) is 0. The number of carboxylic acids is 1. The molecule has 2 unspecified atom stereocenters. The average molecular weight is 617 g/mol. The zero-order valence-corrected chi connectivity index (χ0v) is 24.1. The van der Waals surface area contributed by atoms with E-state index in [1.165, 1.54) is 23.1 Å². The maximum Gasteiger partial charge on any atom is 0.327 e. The lowest BCUT2D eigenvalue weighted by atomic mass is 9.99. The van der Waals surface area contributed by atoms with Crippen LogP contribution in [0.1, 0.15) is 21.5 Å². The number of nitrogens with zero attached hydrogens (tertiary/aromatic N) is 1. The minimum atomic E-state index is -1.18. The summed E-state index contributed by atoms with van der Waals surface area (Å²) in [4.78, 5) is 53.5. The molecule has 4 amide bonds. The quantitative estimate of drug-likeness (QED) is 0.192. The normalized spacial score (nSPS) is 14.7. The van der Waals surface area contributed by atoms with Crippen molar-refractivity contribution in [1.82, 2.24) is 5.32 Å². The molecule has 9 nitrogen and oxygen atoms in total. The van der Waals surface area contributed by atoms with Crippen LogP contribution < -0.4 is 20.9 Å². The van der Waals surface area contributed by atoms with E-state index >= 15 is 0 Å². The molecule has 0 saturated carbocycles. The molecule has 11 heteroatoms. The molecule has 0 spiro atoms. The van der Waals surface area contributed by atoms with Crippen molar-refractivity contribution in [3.63, 3.8) is 0 Å². The van der Waals surface area contributed by atoms with Crippen molar-refractivity contribution in [2.24, 2.45) is 0 Å². The predicted molar refractivity (Wildman–Crippen MR) is 166 cm³/mol. The molecule has 0 bridgehead atoms. The first-order chi connectivity index (χ1) is 20.7. The van der Waals surface area contributed by atoms with E-state index in [1.54, 1.807) is 42.5 Å². The second-order valence-electron chi connectivity index (χ2n) is 9.91. The van der Waals surface area contributed by atoms with Gasteiger partial charge < -0.3 is 21.1 Å². The highest BCUT2D eigenvalue weighted by molar-refractivity contribution is 6.42. The zero-order valence-electron chi connectivity index (χ0n) is 22.6. The lowest BCUT2D eigenvalue weighted by molar-refractivity contribution is -0.139. The lowest BCUT2D eigenvalue weighted by Crippen LogP contribution is -2.53. The Morgan fingerprint density at radius 2 is 1.53 bits per heavy atom. The fourth-order valence-electron chi connectivity index (χ4n) is 4.81. The van der Waals surface area contributed by atoms with Crippen LogP contribution in [0.3, 0.4) is 0 Å². The van der Waals surface area contributed by atoms with Crippen LogP contribution in [0.4, 0.5) is 21.9 Å². The van der Waals surface area contributed by atoms with Crippen LogP contribution in [0.2, 0.25) is 10.0 Å². The van der Waals surface area contributed by atoms with Gasteiger partial charge in [0.2, 0.25) is 5.91 Å². The summed E-state index contributed by atoms with van der Waals surface area (Å²) in [6, 6.07) is 24.6. The van der Waals surface area contributed by atoms with Crippen molar-refractivity contribution in [2.45, 2.75) is 24.9 Å². The number of hydrogen-bond acceptors (Lipinski definition) is 4. The molecule has 0 radical (unpaired) electrons. The number of benzene rings is 4. The van der Waals surface area contributed by atoms with E-state index in [0.717, 1.165) is 11.1 Å². The van der Waals surface area contributed by atoms with Crippen LogP contribution in [0.15, 0.2) is 97.1 Å². The van der Waals surface area contributed by atoms with Gasteiger partial charge in [-0.3, -0.25) is 14.5 Å². The van der Waals surface area contributed by atoms with Gasteiger partial charge in [0.05, 0.1) is 21.4 Å². The highest BCUT2D eigenvalue weighted by Gasteiger charge is 2.37. The van der Waals surface area contributed by atoms with Gasteiger partial charge >= 0.3 is 12.0 Å². The fourth-order valence-corrected chi connectivity index (χ4v) is 5.11. The van der Waals surface area contributed by atoms with Crippen LogP contribution in [0.5, 0.6) is 0 Å². The number of urea groups is 1. The fraction of sp³-hybridized carbons (Fsp3) is 0.125. The maximum absolute atomic E-state index is 13.7. The first kappa shape index (κ1) is 29.6. The van der Waals surface area contributed by atoms with Crippen molar-refractivity contribution in [3.8, 4) is 0 Å². The molecule has 4 aromatic carbocycles. The van der Waals surface area contributed by atoms with Crippen LogP contribution in [0.25, 0.3) is 0 Å². The van der Waals surface area contributed by atoms with Gasteiger partial charge in [-0.05, 0) is 47.5 Å². The second kappa shape index (κ2) is 13.0. The van der Waals surface area contributed by atoms with E-state index in [0.29, 0.717) is 16.4 Å². The molecule has 0 aliphatic carbocycles. The van der Waals surface area contributed by atoms with E-state index in [2.05, 4.69) is 16.0 Å². The Kier molecular flexibility index (Phi) is 8.94. The van der Waals surface area contributed by atoms with Crippen LogP contribution in [-0.4, -0.2) is 41.0 Å². The van der Waals surface area contributed by atoms with E-state index in [1.807, 2.05) is 36.4 Å². The number of nitrogens with one attached hydrogen (secondary N) is 3. The first-order valence-corrected chi connectivity index (χ1v) is 14.1. The Labute approximate surface area is 257 Å². The SMILES string of the molecule is O=C(NC(Cc1ccccc1)C(=O)O)c1ccc2c(c1)NC(=O)C(Cc1ccccc1)N2C(=O)Nc1ccc(Cl)c(Cl)c1. The molecule has 1 heterocycles. The average Bonchev–Trinajstić information content (AvgIpc) is 2.99. The smallest absolute Gasteiger partial charge is 0.327 e. The topological polar surface area (TPSA) is 128 Å². The molecule has 43 heavy (non-hydrogen) atoms. The Bertz CT molecular complexity index is 1680. The van der Waals surface area contributed by atoms with Gasteiger partial charge in [0, 0.05) is 24.1 Å². The molecule has 1 aliphatic heterocycles. The number of amides is 4. The Balaban J connectivity index is 1.44. The number of carbonyl (C=O) groups excluding carboxylic acids is 3. The van der Waals surface area contributed by atoms with Gasteiger partial charge in [-0.15, -0.1) is 0 Å². The molecule has 0 aromatic heterocycles. The van der Waals surface area contributed by atoms with Crippen LogP contribution >= 0.6 is 23.2 Å².